The van der Waals surface area contributed by atoms with E-state index in [0.29, 0.717) is 5.92 Å². The maximum absolute atomic E-state index is 14.1. The predicted octanol–water partition coefficient (Wildman–Crippen LogP) is 3.54. The number of benzene rings is 1. The number of aryl methyl sites for hydroxylation is 1. The number of nitrogens with zero attached hydrogens (tertiary/aromatic N) is 5. The minimum absolute atomic E-state index is 0.105. The number of piperidine rings is 1. The van der Waals surface area contributed by atoms with Crippen LogP contribution in [0, 0.1) is 12.3 Å². The van der Waals surface area contributed by atoms with E-state index >= 15 is 0 Å². The zero-order chi connectivity index (χ0) is 30.0. The third-order valence-electron chi connectivity index (χ3n) is 8.57. The Morgan fingerprint density at radius 1 is 1.12 bits per heavy atom. The van der Waals surface area contributed by atoms with E-state index in [2.05, 4.69) is 25.9 Å². The van der Waals surface area contributed by atoms with E-state index in [9.17, 15) is 14.7 Å². The molecular formula is C32H43N7O3. The highest BCUT2D eigenvalue weighted by molar-refractivity contribution is 5.90. The Morgan fingerprint density at radius 3 is 2.50 bits per heavy atom. The second-order valence-corrected chi connectivity index (χ2v) is 12.9. The lowest BCUT2D eigenvalue weighted by Crippen LogP contribution is -2.50. The van der Waals surface area contributed by atoms with Crippen LogP contribution in [0.5, 0.6) is 0 Å². The minimum Gasteiger partial charge on any atom is -0.391 e. The highest BCUT2D eigenvalue weighted by Gasteiger charge is 2.45. The van der Waals surface area contributed by atoms with Gasteiger partial charge in [0.15, 0.2) is 0 Å². The predicted molar refractivity (Wildman–Crippen MR) is 160 cm³/mol. The average Bonchev–Trinajstić information content (AvgIpc) is 3.60. The molecule has 0 bridgehead atoms. The summed E-state index contributed by atoms with van der Waals surface area (Å²) < 4.78 is 1.66. The fourth-order valence-electron chi connectivity index (χ4n) is 6.21. The Labute approximate surface area is 247 Å². The maximum Gasteiger partial charge on any atom is 0.248 e. The molecule has 10 nitrogen and oxygen atoms in total. The quantitative estimate of drug-likeness (QED) is 0.395. The molecule has 2 fully saturated rings. The van der Waals surface area contributed by atoms with Crippen LogP contribution >= 0.6 is 0 Å². The fourth-order valence-corrected chi connectivity index (χ4v) is 6.21. The van der Waals surface area contributed by atoms with Crippen molar-refractivity contribution in [3.05, 3.63) is 65.7 Å². The molecule has 0 aliphatic carbocycles. The van der Waals surface area contributed by atoms with Gasteiger partial charge < -0.3 is 20.6 Å². The summed E-state index contributed by atoms with van der Waals surface area (Å²) in [6, 6.07) is 8.37. The molecule has 0 spiro atoms. The molecular weight excluding hydrogens is 530 g/mol. The topological polar surface area (TPSA) is 125 Å². The molecule has 42 heavy (non-hydrogen) atoms. The third kappa shape index (κ3) is 6.39. The summed E-state index contributed by atoms with van der Waals surface area (Å²) in [6.07, 6.45) is 6.90. The van der Waals surface area contributed by atoms with Gasteiger partial charge >= 0.3 is 0 Å². The van der Waals surface area contributed by atoms with Crippen LogP contribution in [-0.4, -0.2) is 73.6 Å². The molecule has 0 unspecified atom stereocenters. The zero-order valence-electron chi connectivity index (χ0n) is 25.2. The lowest BCUT2D eigenvalue weighted by molar-refractivity contribution is -0.144. The first-order valence-corrected chi connectivity index (χ1v) is 14.9. The number of nitrogens with one attached hydrogen (secondary N) is 2. The summed E-state index contributed by atoms with van der Waals surface area (Å²) in [5.74, 6) is -0.194. The molecule has 0 saturated carbocycles. The van der Waals surface area contributed by atoms with E-state index in [1.165, 1.54) is 4.90 Å². The number of hydrogen-bond donors (Lipinski definition) is 3. The number of aromatic nitrogens is 4. The number of hydrogen-bond acceptors (Lipinski definition) is 7. The average molecular weight is 574 g/mol. The Bertz CT molecular complexity index is 1390. The lowest BCUT2D eigenvalue weighted by atomic mass is 9.85. The zero-order valence-corrected chi connectivity index (χ0v) is 25.2. The van der Waals surface area contributed by atoms with Crippen molar-refractivity contribution in [2.45, 2.75) is 84.0 Å². The molecule has 2 saturated heterocycles. The van der Waals surface area contributed by atoms with Crippen molar-refractivity contribution in [2.24, 2.45) is 5.41 Å². The Hall–Kier alpha value is -3.63. The van der Waals surface area contributed by atoms with Gasteiger partial charge in [-0.1, -0.05) is 50.3 Å². The SMILES string of the molecule is Cc1cnccc1-c1ccc([C@H](C)NC(=O)[C@@H]2C[C@@H](O)CN2C(=O)[C@@H](n2cc(C3CCNCC3)nn2)C(C)(C)C)cc1. The Kier molecular flexibility index (Phi) is 8.75. The molecule has 3 N–H and O–H groups in total. The van der Waals surface area contributed by atoms with Crippen molar-refractivity contribution in [1.29, 1.82) is 0 Å². The van der Waals surface area contributed by atoms with Gasteiger partial charge in [-0.05, 0) is 73.5 Å². The molecule has 2 aliphatic rings. The van der Waals surface area contributed by atoms with E-state index in [0.717, 1.165) is 53.9 Å². The normalized spacial score (nSPS) is 21.2. The van der Waals surface area contributed by atoms with Gasteiger partial charge in [0.2, 0.25) is 11.8 Å². The van der Waals surface area contributed by atoms with Crippen LogP contribution in [0.1, 0.15) is 81.8 Å². The van der Waals surface area contributed by atoms with Gasteiger partial charge in [-0.3, -0.25) is 14.6 Å². The molecule has 4 atom stereocenters. The van der Waals surface area contributed by atoms with E-state index < -0.39 is 23.6 Å². The van der Waals surface area contributed by atoms with Crippen LogP contribution in [0.3, 0.4) is 0 Å². The number of amides is 2. The molecule has 10 heteroatoms. The van der Waals surface area contributed by atoms with Crippen molar-refractivity contribution < 1.29 is 14.7 Å². The first-order chi connectivity index (χ1) is 20.0. The minimum atomic E-state index is -0.774. The van der Waals surface area contributed by atoms with E-state index in [4.69, 9.17) is 0 Å². The summed E-state index contributed by atoms with van der Waals surface area (Å²) in [5.41, 5.74) is 4.65. The van der Waals surface area contributed by atoms with Gasteiger partial charge in [0.1, 0.15) is 12.1 Å². The molecule has 5 rings (SSSR count). The first kappa shape index (κ1) is 29.8. The molecule has 2 amide bonds. The molecule has 2 aromatic heterocycles. The molecule has 224 valence electrons. The van der Waals surface area contributed by atoms with Gasteiger partial charge in [-0.2, -0.15) is 0 Å². The highest BCUT2D eigenvalue weighted by Crippen LogP contribution is 2.35. The van der Waals surface area contributed by atoms with E-state index in [1.807, 2.05) is 77.3 Å². The fraction of sp³-hybridized carbons (Fsp3) is 0.531. The number of carbonyl (C=O) groups is 2. The standard InChI is InChI=1S/C32H43N7O3/c1-20-17-34-15-12-26(20)23-8-6-22(7-9-23)21(2)35-30(41)28-16-25(40)18-38(28)31(42)29(32(3,4)5)39-19-27(36-37-39)24-10-13-33-14-11-24/h6-9,12,15,17,19,21,24-25,28-29,33,40H,10-11,13-14,16,18H2,1-5H3,(H,35,41)/t21-,25+,28-,29+/m0/s1. The van der Waals surface area contributed by atoms with Gasteiger partial charge in [-0.25, -0.2) is 4.68 Å². The number of aliphatic hydroxyl groups is 1. The van der Waals surface area contributed by atoms with Crippen LogP contribution in [0.4, 0.5) is 0 Å². The first-order valence-electron chi connectivity index (χ1n) is 14.9. The van der Waals surface area contributed by atoms with Crippen molar-refractivity contribution in [3.63, 3.8) is 0 Å². The number of likely N-dealkylation sites (tertiary alicyclic amines) is 1. The Balaban J connectivity index is 1.31. The third-order valence-corrected chi connectivity index (χ3v) is 8.57. The number of β-amino-alcohol motifs (C(OH)–C–C–N with tert-alkyl or cyclic N) is 1. The van der Waals surface area contributed by atoms with Crippen LogP contribution < -0.4 is 10.6 Å². The van der Waals surface area contributed by atoms with Crippen molar-refractivity contribution in [1.82, 2.24) is 35.5 Å². The number of carbonyl (C=O) groups excluding carboxylic acids is 2. The summed E-state index contributed by atoms with van der Waals surface area (Å²) >= 11 is 0. The molecule has 4 heterocycles. The summed E-state index contributed by atoms with van der Waals surface area (Å²) in [4.78, 5) is 33.4. The van der Waals surface area contributed by atoms with Gasteiger partial charge in [0.25, 0.3) is 0 Å². The van der Waals surface area contributed by atoms with E-state index in [-0.39, 0.29) is 30.8 Å². The second-order valence-electron chi connectivity index (χ2n) is 12.9. The van der Waals surface area contributed by atoms with Crippen LogP contribution in [0.15, 0.2) is 48.9 Å². The van der Waals surface area contributed by atoms with Crippen molar-refractivity contribution >= 4 is 11.8 Å². The monoisotopic (exact) mass is 573 g/mol. The van der Waals surface area contributed by atoms with Gasteiger partial charge in [0, 0.05) is 37.5 Å². The highest BCUT2D eigenvalue weighted by atomic mass is 16.3. The molecule has 0 radical (unpaired) electrons. The van der Waals surface area contributed by atoms with E-state index in [1.54, 1.807) is 10.9 Å². The smallest absolute Gasteiger partial charge is 0.248 e. The van der Waals surface area contributed by atoms with Gasteiger partial charge in [-0.15, -0.1) is 5.10 Å². The molecule has 3 aromatic rings. The summed E-state index contributed by atoms with van der Waals surface area (Å²) in [5, 5.41) is 25.9. The van der Waals surface area contributed by atoms with Gasteiger partial charge in [0.05, 0.1) is 17.8 Å². The van der Waals surface area contributed by atoms with Crippen LogP contribution in [0.25, 0.3) is 11.1 Å². The second kappa shape index (κ2) is 12.3. The summed E-state index contributed by atoms with van der Waals surface area (Å²) in [6.45, 7) is 11.9. The molecule has 1 aromatic carbocycles. The largest absolute Gasteiger partial charge is 0.391 e. The maximum atomic E-state index is 14.1. The number of aliphatic hydroxyl groups excluding tert-OH is 1. The lowest BCUT2D eigenvalue weighted by Gasteiger charge is -2.35. The van der Waals surface area contributed by atoms with Crippen LogP contribution in [0.2, 0.25) is 0 Å². The van der Waals surface area contributed by atoms with Crippen molar-refractivity contribution in [3.8, 4) is 11.1 Å². The Morgan fingerprint density at radius 2 is 1.83 bits per heavy atom. The molecule has 2 aliphatic heterocycles. The summed E-state index contributed by atoms with van der Waals surface area (Å²) in [7, 11) is 0. The number of pyridine rings is 1. The van der Waals surface area contributed by atoms with Crippen molar-refractivity contribution in [2.75, 3.05) is 19.6 Å². The number of rotatable bonds is 7. The van der Waals surface area contributed by atoms with Crippen LogP contribution in [-0.2, 0) is 9.59 Å².